The fourth-order valence-corrected chi connectivity index (χ4v) is 2.60. The summed E-state index contributed by atoms with van der Waals surface area (Å²) in [6.45, 7) is 3.73. The Balaban J connectivity index is 2.05. The van der Waals surface area contributed by atoms with Gasteiger partial charge in [0, 0.05) is 16.7 Å². The molecule has 2 N–H and O–H groups in total. The van der Waals surface area contributed by atoms with Gasteiger partial charge < -0.3 is 5.73 Å². The lowest BCUT2D eigenvalue weighted by Crippen LogP contribution is -2.22. The van der Waals surface area contributed by atoms with Crippen LogP contribution in [0.25, 0.3) is 0 Å². The van der Waals surface area contributed by atoms with Crippen molar-refractivity contribution in [2.45, 2.75) is 43.0 Å². The van der Waals surface area contributed by atoms with E-state index in [1.54, 1.807) is 0 Å². The smallest absolute Gasteiger partial charge is 0.0133 e. The van der Waals surface area contributed by atoms with Gasteiger partial charge in [-0.05, 0) is 31.4 Å². The molecule has 0 aliphatic carbocycles. The van der Waals surface area contributed by atoms with Crippen LogP contribution in [0.3, 0.4) is 0 Å². The van der Waals surface area contributed by atoms with Gasteiger partial charge in [-0.25, -0.2) is 0 Å². The highest BCUT2D eigenvalue weighted by molar-refractivity contribution is 7.99. The van der Waals surface area contributed by atoms with Crippen molar-refractivity contribution in [3.05, 3.63) is 43.0 Å². The zero-order chi connectivity index (χ0) is 12.3. The van der Waals surface area contributed by atoms with E-state index in [1.165, 1.54) is 24.2 Å². The number of nitrogens with two attached hydrogens (primary N) is 1. The summed E-state index contributed by atoms with van der Waals surface area (Å²) in [6, 6.07) is 10.8. The van der Waals surface area contributed by atoms with Crippen LogP contribution in [0, 0.1) is 0 Å². The highest BCUT2D eigenvalue weighted by atomic mass is 32.2. The predicted molar refractivity (Wildman–Crippen MR) is 78.4 cm³/mol. The maximum Gasteiger partial charge on any atom is 0.0133 e. The third-order valence-corrected chi connectivity index (χ3v) is 3.89. The Morgan fingerprint density at radius 3 is 2.65 bits per heavy atom. The number of unbranched alkanes of at least 4 members (excludes halogenated alkanes) is 3. The number of hydrogen-bond acceptors (Lipinski definition) is 2. The van der Waals surface area contributed by atoms with Crippen LogP contribution in [0.5, 0.6) is 0 Å². The van der Waals surface area contributed by atoms with E-state index in [0.29, 0.717) is 6.04 Å². The minimum Gasteiger partial charge on any atom is -0.327 e. The first-order chi connectivity index (χ1) is 8.33. The zero-order valence-electron chi connectivity index (χ0n) is 10.5. The van der Waals surface area contributed by atoms with Gasteiger partial charge in [0.2, 0.25) is 0 Å². The van der Waals surface area contributed by atoms with Gasteiger partial charge in [0.1, 0.15) is 0 Å². The molecular weight excluding hydrogens is 226 g/mol. The standard InChI is InChI=1S/C15H23NS/c1-2-3-4-5-7-10-14(16)13-17-15-11-8-6-9-12-15/h2,6,8-9,11-12,14H,1,3-5,7,10,13,16H2. The lowest BCUT2D eigenvalue weighted by atomic mass is 10.1. The van der Waals surface area contributed by atoms with Gasteiger partial charge in [0.15, 0.2) is 0 Å². The van der Waals surface area contributed by atoms with Crippen LogP contribution in [0.4, 0.5) is 0 Å². The van der Waals surface area contributed by atoms with Crippen molar-refractivity contribution in [3.8, 4) is 0 Å². The lowest BCUT2D eigenvalue weighted by Gasteiger charge is -2.10. The first kappa shape index (κ1) is 14.3. The van der Waals surface area contributed by atoms with E-state index in [2.05, 4.69) is 30.8 Å². The first-order valence-electron chi connectivity index (χ1n) is 6.37. The van der Waals surface area contributed by atoms with Crippen molar-refractivity contribution in [3.63, 3.8) is 0 Å². The van der Waals surface area contributed by atoms with Crippen molar-refractivity contribution in [2.75, 3.05) is 5.75 Å². The minimum absolute atomic E-state index is 0.323. The molecule has 0 spiro atoms. The van der Waals surface area contributed by atoms with Crippen molar-refractivity contribution in [1.82, 2.24) is 0 Å². The topological polar surface area (TPSA) is 26.0 Å². The molecule has 0 bridgehead atoms. The molecule has 0 saturated carbocycles. The van der Waals surface area contributed by atoms with E-state index in [4.69, 9.17) is 5.73 Å². The maximum absolute atomic E-state index is 6.10. The van der Waals surface area contributed by atoms with Crippen LogP contribution in [-0.4, -0.2) is 11.8 Å². The average molecular weight is 249 g/mol. The summed E-state index contributed by atoms with van der Waals surface area (Å²) in [7, 11) is 0. The minimum atomic E-state index is 0.323. The largest absolute Gasteiger partial charge is 0.327 e. The highest BCUT2D eigenvalue weighted by Gasteiger charge is 2.03. The van der Waals surface area contributed by atoms with Crippen molar-refractivity contribution >= 4 is 11.8 Å². The molecular formula is C15H23NS. The fourth-order valence-electron chi connectivity index (χ4n) is 1.68. The number of benzene rings is 1. The Hall–Kier alpha value is -0.730. The Morgan fingerprint density at radius 1 is 1.18 bits per heavy atom. The van der Waals surface area contributed by atoms with E-state index in [9.17, 15) is 0 Å². The number of allylic oxidation sites excluding steroid dienone is 1. The average Bonchev–Trinajstić information content (AvgIpc) is 2.37. The third-order valence-electron chi connectivity index (χ3n) is 2.69. The van der Waals surface area contributed by atoms with Gasteiger partial charge in [-0.2, -0.15) is 0 Å². The second-order valence-corrected chi connectivity index (χ2v) is 5.40. The van der Waals surface area contributed by atoms with Crippen LogP contribution >= 0.6 is 11.8 Å². The first-order valence-corrected chi connectivity index (χ1v) is 7.36. The number of thioether (sulfide) groups is 1. The molecule has 1 atom stereocenters. The highest BCUT2D eigenvalue weighted by Crippen LogP contribution is 2.18. The Kier molecular flexibility index (Phi) is 7.85. The molecule has 1 rings (SSSR count). The van der Waals surface area contributed by atoms with Crippen molar-refractivity contribution in [2.24, 2.45) is 5.73 Å². The van der Waals surface area contributed by atoms with Gasteiger partial charge in [0.05, 0.1) is 0 Å². The molecule has 0 fully saturated rings. The van der Waals surface area contributed by atoms with Crippen LogP contribution < -0.4 is 5.73 Å². The summed E-state index contributed by atoms with van der Waals surface area (Å²) in [5, 5.41) is 0. The second-order valence-electron chi connectivity index (χ2n) is 4.31. The summed E-state index contributed by atoms with van der Waals surface area (Å²) < 4.78 is 0. The normalized spacial score (nSPS) is 12.3. The molecule has 0 amide bonds. The molecule has 0 radical (unpaired) electrons. The monoisotopic (exact) mass is 249 g/mol. The van der Waals surface area contributed by atoms with E-state index in [-0.39, 0.29) is 0 Å². The Labute approximate surface area is 109 Å². The molecule has 2 heteroatoms. The van der Waals surface area contributed by atoms with E-state index in [1.807, 2.05) is 23.9 Å². The molecule has 94 valence electrons. The Morgan fingerprint density at radius 2 is 1.94 bits per heavy atom. The molecule has 1 aromatic rings. The van der Waals surface area contributed by atoms with E-state index >= 15 is 0 Å². The van der Waals surface area contributed by atoms with Crippen molar-refractivity contribution in [1.29, 1.82) is 0 Å². The van der Waals surface area contributed by atoms with Gasteiger partial charge >= 0.3 is 0 Å². The van der Waals surface area contributed by atoms with Gasteiger partial charge in [0.25, 0.3) is 0 Å². The van der Waals surface area contributed by atoms with Gasteiger partial charge in [-0.3, -0.25) is 0 Å². The van der Waals surface area contributed by atoms with Gasteiger partial charge in [-0.1, -0.05) is 37.1 Å². The van der Waals surface area contributed by atoms with Crippen LogP contribution in [0.15, 0.2) is 47.9 Å². The van der Waals surface area contributed by atoms with E-state index in [0.717, 1.165) is 18.6 Å². The zero-order valence-corrected chi connectivity index (χ0v) is 11.3. The van der Waals surface area contributed by atoms with Crippen LogP contribution in [0.2, 0.25) is 0 Å². The van der Waals surface area contributed by atoms with Crippen LogP contribution in [-0.2, 0) is 0 Å². The summed E-state index contributed by atoms with van der Waals surface area (Å²) in [6.07, 6.45) is 8.03. The fraction of sp³-hybridized carbons (Fsp3) is 0.467. The number of hydrogen-bond donors (Lipinski definition) is 1. The summed E-state index contributed by atoms with van der Waals surface area (Å²) in [5.74, 6) is 1.02. The van der Waals surface area contributed by atoms with E-state index < -0.39 is 0 Å². The van der Waals surface area contributed by atoms with Crippen molar-refractivity contribution < 1.29 is 0 Å². The molecule has 0 aliphatic rings. The van der Waals surface area contributed by atoms with Crippen LogP contribution in [0.1, 0.15) is 32.1 Å². The molecule has 0 aromatic heterocycles. The summed E-state index contributed by atoms with van der Waals surface area (Å²) >= 11 is 1.86. The molecule has 1 nitrogen and oxygen atoms in total. The second kappa shape index (κ2) is 9.32. The maximum atomic E-state index is 6.10. The summed E-state index contributed by atoms with van der Waals surface area (Å²) in [5.41, 5.74) is 6.10. The SMILES string of the molecule is C=CCCCCCC(N)CSc1ccccc1. The molecule has 0 heterocycles. The molecule has 0 aliphatic heterocycles. The lowest BCUT2D eigenvalue weighted by molar-refractivity contribution is 0.587. The molecule has 17 heavy (non-hydrogen) atoms. The molecule has 1 aromatic carbocycles. The number of rotatable bonds is 9. The van der Waals surface area contributed by atoms with Gasteiger partial charge in [-0.15, -0.1) is 18.3 Å². The Bertz CT molecular complexity index is 297. The molecule has 0 saturated heterocycles. The summed E-state index contributed by atoms with van der Waals surface area (Å²) in [4.78, 5) is 1.31. The predicted octanol–water partition coefficient (Wildman–Crippen LogP) is 4.24. The molecule has 1 unspecified atom stereocenters. The third kappa shape index (κ3) is 7.24. The quantitative estimate of drug-likeness (QED) is 0.402.